The fourth-order valence-electron chi connectivity index (χ4n) is 2.26. The van der Waals surface area contributed by atoms with Gasteiger partial charge in [-0.2, -0.15) is 0 Å². The summed E-state index contributed by atoms with van der Waals surface area (Å²) in [7, 11) is 1.56. The summed E-state index contributed by atoms with van der Waals surface area (Å²) in [5.74, 6) is -0.387. The molecule has 2 aromatic rings. The minimum atomic E-state index is -1.23. The minimum absolute atomic E-state index is 0.297. The van der Waals surface area contributed by atoms with Gasteiger partial charge in [-0.1, -0.05) is 12.1 Å². The van der Waals surface area contributed by atoms with Crippen LogP contribution in [0.3, 0.4) is 0 Å². The summed E-state index contributed by atoms with van der Waals surface area (Å²) in [6.07, 6.45) is 0.558. The molecule has 0 aliphatic rings. The molecule has 0 fully saturated rings. The number of methoxy groups -OCH3 is 1. The van der Waals surface area contributed by atoms with Crippen molar-refractivity contribution in [3.63, 3.8) is 0 Å². The lowest BCUT2D eigenvalue weighted by atomic mass is 9.91. The highest BCUT2D eigenvalue weighted by Gasteiger charge is 2.35. The summed E-state index contributed by atoms with van der Waals surface area (Å²) >= 11 is 0. The number of hydrogen-bond acceptors (Lipinski definition) is 3. The molecule has 2 amide bonds. The lowest BCUT2D eigenvalue weighted by Crippen LogP contribution is -2.45. The number of carbonyl (C=O) groups is 2. The Kier molecular flexibility index (Phi) is 6.33. The predicted octanol–water partition coefficient (Wildman–Crippen LogP) is 3.16. The first kappa shape index (κ1) is 19.4. The standard InChI is InChI=1S/C20H23FN2O3/c1-20(2,19(25)23-16-8-10-17(26-3)11-9-16)18(24)22-13-12-14-4-6-15(21)7-5-14/h4-11H,12-13H2,1-3H3,(H,22,24)(H,23,25). The summed E-state index contributed by atoms with van der Waals surface area (Å²) in [6, 6.07) is 13.0. The van der Waals surface area contributed by atoms with Crippen LogP contribution in [0.4, 0.5) is 10.1 Å². The number of amides is 2. The van der Waals surface area contributed by atoms with Gasteiger partial charge in [-0.25, -0.2) is 4.39 Å². The summed E-state index contributed by atoms with van der Waals surface area (Å²) in [5.41, 5.74) is 0.262. The van der Waals surface area contributed by atoms with Gasteiger partial charge in [0.15, 0.2) is 0 Å². The molecular weight excluding hydrogens is 335 g/mol. The third-order valence-electron chi connectivity index (χ3n) is 4.10. The van der Waals surface area contributed by atoms with Crippen molar-refractivity contribution in [2.45, 2.75) is 20.3 Å². The predicted molar refractivity (Wildman–Crippen MR) is 98.5 cm³/mol. The number of benzene rings is 2. The Balaban J connectivity index is 1.88. The molecule has 26 heavy (non-hydrogen) atoms. The van der Waals surface area contributed by atoms with Crippen LogP contribution >= 0.6 is 0 Å². The van der Waals surface area contributed by atoms with E-state index in [2.05, 4.69) is 10.6 Å². The van der Waals surface area contributed by atoms with Crippen molar-refractivity contribution in [3.05, 3.63) is 59.9 Å². The third kappa shape index (κ3) is 5.05. The second-order valence-corrected chi connectivity index (χ2v) is 6.44. The van der Waals surface area contributed by atoms with Crippen LogP contribution in [-0.2, 0) is 16.0 Å². The summed E-state index contributed by atoms with van der Waals surface area (Å²) in [4.78, 5) is 24.8. The molecule has 0 saturated carbocycles. The smallest absolute Gasteiger partial charge is 0.239 e. The first-order valence-electron chi connectivity index (χ1n) is 8.31. The zero-order chi connectivity index (χ0) is 19.2. The highest BCUT2D eigenvalue weighted by atomic mass is 19.1. The Labute approximate surface area is 152 Å². The zero-order valence-corrected chi connectivity index (χ0v) is 15.1. The van der Waals surface area contributed by atoms with Gasteiger partial charge in [0.25, 0.3) is 0 Å². The molecule has 6 heteroatoms. The van der Waals surface area contributed by atoms with E-state index in [4.69, 9.17) is 4.74 Å². The molecule has 2 aromatic carbocycles. The topological polar surface area (TPSA) is 67.4 Å². The number of carbonyl (C=O) groups excluding carboxylic acids is 2. The molecule has 0 bridgehead atoms. The summed E-state index contributed by atoms with van der Waals surface area (Å²) < 4.78 is 18.0. The average Bonchev–Trinajstić information content (AvgIpc) is 2.63. The first-order chi connectivity index (χ1) is 12.3. The van der Waals surface area contributed by atoms with Gasteiger partial charge in [-0.05, 0) is 62.2 Å². The average molecular weight is 358 g/mol. The van der Waals surface area contributed by atoms with E-state index in [0.29, 0.717) is 24.4 Å². The second-order valence-electron chi connectivity index (χ2n) is 6.44. The van der Waals surface area contributed by atoms with Crippen molar-refractivity contribution in [2.75, 3.05) is 19.0 Å². The number of nitrogens with one attached hydrogen (secondary N) is 2. The molecule has 2 rings (SSSR count). The molecule has 0 aliphatic heterocycles. The quantitative estimate of drug-likeness (QED) is 0.747. The van der Waals surface area contributed by atoms with Crippen molar-refractivity contribution < 1.29 is 18.7 Å². The highest BCUT2D eigenvalue weighted by molar-refractivity contribution is 6.09. The second kappa shape index (κ2) is 8.47. The van der Waals surface area contributed by atoms with E-state index in [1.165, 1.54) is 12.1 Å². The fourth-order valence-corrected chi connectivity index (χ4v) is 2.26. The Morgan fingerprint density at radius 2 is 1.62 bits per heavy atom. The van der Waals surface area contributed by atoms with Gasteiger partial charge < -0.3 is 15.4 Å². The first-order valence-corrected chi connectivity index (χ1v) is 8.31. The SMILES string of the molecule is COc1ccc(NC(=O)C(C)(C)C(=O)NCCc2ccc(F)cc2)cc1. The molecule has 0 aliphatic carbocycles. The van der Waals surface area contributed by atoms with Gasteiger partial charge in [-0.3, -0.25) is 9.59 Å². The van der Waals surface area contributed by atoms with E-state index >= 15 is 0 Å². The van der Waals surface area contributed by atoms with Crippen molar-refractivity contribution in [1.29, 1.82) is 0 Å². The molecule has 138 valence electrons. The van der Waals surface area contributed by atoms with Gasteiger partial charge in [0.2, 0.25) is 11.8 Å². The maximum absolute atomic E-state index is 12.9. The van der Waals surface area contributed by atoms with Crippen LogP contribution in [0.25, 0.3) is 0 Å². The maximum Gasteiger partial charge on any atom is 0.239 e. The number of halogens is 1. The van der Waals surface area contributed by atoms with Crippen molar-refractivity contribution in [3.8, 4) is 5.75 Å². The van der Waals surface area contributed by atoms with E-state index in [1.807, 2.05) is 0 Å². The molecule has 0 aromatic heterocycles. The molecule has 0 spiro atoms. The van der Waals surface area contributed by atoms with E-state index in [0.717, 1.165) is 5.56 Å². The molecule has 0 radical (unpaired) electrons. The van der Waals surface area contributed by atoms with E-state index in [1.54, 1.807) is 57.4 Å². The van der Waals surface area contributed by atoms with E-state index in [-0.39, 0.29) is 11.7 Å². The van der Waals surface area contributed by atoms with Crippen LogP contribution in [0.15, 0.2) is 48.5 Å². The number of ether oxygens (including phenoxy) is 1. The zero-order valence-electron chi connectivity index (χ0n) is 15.1. The number of hydrogen-bond donors (Lipinski definition) is 2. The molecule has 0 atom stereocenters. The van der Waals surface area contributed by atoms with Crippen LogP contribution < -0.4 is 15.4 Å². The number of anilines is 1. The van der Waals surface area contributed by atoms with Crippen molar-refractivity contribution in [1.82, 2.24) is 5.32 Å². The van der Waals surface area contributed by atoms with E-state index in [9.17, 15) is 14.0 Å². The lowest BCUT2D eigenvalue weighted by Gasteiger charge is -2.22. The minimum Gasteiger partial charge on any atom is -0.497 e. The van der Waals surface area contributed by atoms with Crippen LogP contribution in [0.2, 0.25) is 0 Å². The largest absolute Gasteiger partial charge is 0.497 e. The molecule has 0 saturated heterocycles. The van der Waals surface area contributed by atoms with Gasteiger partial charge in [0.05, 0.1) is 7.11 Å². The fraction of sp³-hybridized carbons (Fsp3) is 0.300. The summed E-state index contributed by atoms with van der Waals surface area (Å²) in [6.45, 7) is 3.50. The van der Waals surface area contributed by atoms with Gasteiger partial charge >= 0.3 is 0 Å². The Bertz CT molecular complexity index is 756. The Morgan fingerprint density at radius 3 is 2.19 bits per heavy atom. The lowest BCUT2D eigenvalue weighted by molar-refractivity contribution is -0.138. The van der Waals surface area contributed by atoms with Crippen molar-refractivity contribution >= 4 is 17.5 Å². The van der Waals surface area contributed by atoms with Crippen LogP contribution in [0, 0.1) is 11.2 Å². The molecule has 5 nitrogen and oxygen atoms in total. The Morgan fingerprint density at radius 1 is 1.00 bits per heavy atom. The Hall–Kier alpha value is -2.89. The third-order valence-corrected chi connectivity index (χ3v) is 4.10. The maximum atomic E-state index is 12.9. The monoisotopic (exact) mass is 358 g/mol. The van der Waals surface area contributed by atoms with Gasteiger partial charge in [0, 0.05) is 12.2 Å². The van der Waals surface area contributed by atoms with Gasteiger partial charge in [-0.15, -0.1) is 0 Å². The number of rotatable bonds is 7. The molecular formula is C20H23FN2O3. The van der Waals surface area contributed by atoms with Gasteiger partial charge in [0.1, 0.15) is 17.0 Å². The summed E-state index contributed by atoms with van der Waals surface area (Å²) in [5, 5.41) is 5.49. The molecule has 0 unspecified atom stereocenters. The van der Waals surface area contributed by atoms with E-state index < -0.39 is 11.3 Å². The van der Waals surface area contributed by atoms with Crippen LogP contribution in [0.1, 0.15) is 19.4 Å². The normalized spacial score (nSPS) is 10.9. The molecule has 0 heterocycles. The highest BCUT2D eigenvalue weighted by Crippen LogP contribution is 2.21. The molecule has 2 N–H and O–H groups in total. The van der Waals surface area contributed by atoms with Crippen LogP contribution in [-0.4, -0.2) is 25.5 Å². The van der Waals surface area contributed by atoms with Crippen LogP contribution in [0.5, 0.6) is 5.75 Å². The van der Waals surface area contributed by atoms with Crippen molar-refractivity contribution in [2.24, 2.45) is 5.41 Å².